The lowest BCUT2D eigenvalue weighted by molar-refractivity contribution is 0.182. The molecule has 0 aliphatic rings. The smallest absolute Gasteiger partial charge is 0.139 e. The molecule has 0 aliphatic carbocycles. The number of anilines is 1. The van der Waals surface area contributed by atoms with E-state index in [1.54, 1.807) is 13.2 Å². The van der Waals surface area contributed by atoms with E-state index < -0.39 is 0 Å². The van der Waals surface area contributed by atoms with Crippen molar-refractivity contribution >= 4 is 32.5 Å². The predicted molar refractivity (Wildman–Crippen MR) is 69.7 cm³/mol. The Kier molecular flexibility index (Phi) is 3.59. The molecule has 1 aromatic heterocycles. The zero-order valence-corrected chi connectivity index (χ0v) is 11.1. The van der Waals surface area contributed by atoms with Crippen molar-refractivity contribution in [3.63, 3.8) is 0 Å². The summed E-state index contributed by atoms with van der Waals surface area (Å²) in [4.78, 5) is 4.35. The van der Waals surface area contributed by atoms with E-state index in [0.717, 1.165) is 16.8 Å². The molecule has 5 heteroatoms. The molecule has 90 valence electrons. The van der Waals surface area contributed by atoms with Gasteiger partial charge < -0.3 is 10.1 Å². The first kappa shape index (κ1) is 12.3. The maximum absolute atomic E-state index is 13.5. The van der Waals surface area contributed by atoms with Crippen LogP contribution in [-0.4, -0.2) is 19.1 Å². The minimum atomic E-state index is -0.318. The zero-order chi connectivity index (χ0) is 12.4. The Hall–Kier alpha value is -1.20. The third-order valence-corrected chi connectivity index (χ3v) is 3.07. The van der Waals surface area contributed by atoms with Gasteiger partial charge in [-0.15, -0.1) is 0 Å². The molecule has 0 radical (unpaired) electrons. The van der Waals surface area contributed by atoms with Crippen LogP contribution in [0.1, 0.15) is 5.69 Å². The number of hydrogen-bond acceptors (Lipinski definition) is 3. The molecule has 0 amide bonds. The molecule has 0 unspecified atom stereocenters. The van der Waals surface area contributed by atoms with Gasteiger partial charge in [0.1, 0.15) is 5.82 Å². The number of pyridine rings is 1. The maximum Gasteiger partial charge on any atom is 0.139 e. The number of hydrogen-bond donors (Lipinski definition) is 1. The maximum atomic E-state index is 13.5. The standard InChI is InChI=1S/C12H12BrFN2O/c1-15-11-3-7(6-17-2)16-12-5-10(14)9(13)4-8(11)12/h3-5H,6H2,1-2H3,(H,15,16). The van der Waals surface area contributed by atoms with Crippen molar-refractivity contribution < 1.29 is 9.13 Å². The quantitative estimate of drug-likeness (QED) is 0.944. The van der Waals surface area contributed by atoms with Gasteiger partial charge in [0.15, 0.2) is 0 Å². The minimum absolute atomic E-state index is 0.318. The second-order valence-corrected chi connectivity index (χ2v) is 4.48. The summed E-state index contributed by atoms with van der Waals surface area (Å²) in [6, 6.07) is 5.04. The molecule has 0 bridgehead atoms. The Balaban J connectivity index is 2.68. The second-order valence-electron chi connectivity index (χ2n) is 3.63. The fourth-order valence-corrected chi connectivity index (χ4v) is 2.05. The fourth-order valence-electron chi connectivity index (χ4n) is 1.70. The zero-order valence-electron chi connectivity index (χ0n) is 9.55. The van der Waals surface area contributed by atoms with Gasteiger partial charge in [-0.25, -0.2) is 4.39 Å². The molecular weight excluding hydrogens is 287 g/mol. The van der Waals surface area contributed by atoms with Gasteiger partial charge in [0.25, 0.3) is 0 Å². The molecule has 0 saturated carbocycles. The van der Waals surface area contributed by atoms with Gasteiger partial charge in [-0.3, -0.25) is 4.98 Å². The molecule has 2 aromatic rings. The third kappa shape index (κ3) is 2.40. The van der Waals surface area contributed by atoms with Crippen LogP contribution in [0.4, 0.5) is 10.1 Å². The van der Waals surface area contributed by atoms with E-state index in [-0.39, 0.29) is 5.82 Å². The summed E-state index contributed by atoms with van der Waals surface area (Å²) in [5, 5.41) is 3.95. The average Bonchev–Trinajstić information content (AvgIpc) is 2.31. The first-order chi connectivity index (χ1) is 8.15. The number of benzene rings is 1. The van der Waals surface area contributed by atoms with Crippen molar-refractivity contribution in [1.29, 1.82) is 0 Å². The number of aromatic nitrogens is 1. The molecule has 0 aliphatic heterocycles. The van der Waals surface area contributed by atoms with E-state index in [2.05, 4.69) is 26.2 Å². The molecule has 1 heterocycles. The molecule has 1 aromatic carbocycles. The van der Waals surface area contributed by atoms with Crippen LogP contribution < -0.4 is 5.32 Å². The highest BCUT2D eigenvalue weighted by molar-refractivity contribution is 9.10. The molecule has 17 heavy (non-hydrogen) atoms. The summed E-state index contributed by atoms with van der Waals surface area (Å²) < 4.78 is 18.9. The number of methoxy groups -OCH3 is 1. The van der Waals surface area contributed by atoms with E-state index in [1.165, 1.54) is 6.07 Å². The van der Waals surface area contributed by atoms with E-state index in [0.29, 0.717) is 16.6 Å². The van der Waals surface area contributed by atoms with Gasteiger partial charge in [0.05, 0.1) is 22.3 Å². The largest absolute Gasteiger partial charge is 0.388 e. The number of ether oxygens (including phenoxy) is 1. The van der Waals surface area contributed by atoms with E-state index in [1.807, 2.05) is 13.1 Å². The summed E-state index contributed by atoms with van der Waals surface area (Å²) in [6.45, 7) is 0.405. The molecule has 2 rings (SSSR count). The minimum Gasteiger partial charge on any atom is -0.388 e. The van der Waals surface area contributed by atoms with Crippen LogP contribution >= 0.6 is 15.9 Å². The highest BCUT2D eigenvalue weighted by atomic mass is 79.9. The Bertz CT molecular complexity index is 560. The first-order valence-corrected chi connectivity index (χ1v) is 5.90. The van der Waals surface area contributed by atoms with Crippen LogP contribution in [0.15, 0.2) is 22.7 Å². The lowest BCUT2D eigenvalue weighted by Crippen LogP contribution is -1.98. The van der Waals surface area contributed by atoms with Crippen molar-refractivity contribution in [2.45, 2.75) is 6.61 Å². The normalized spacial score (nSPS) is 10.8. The number of rotatable bonds is 3. The van der Waals surface area contributed by atoms with Gasteiger partial charge in [-0.1, -0.05) is 0 Å². The first-order valence-electron chi connectivity index (χ1n) is 5.11. The highest BCUT2D eigenvalue weighted by Gasteiger charge is 2.08. The monoisotopic (exact) mass is 298 g/mol. The number of fused-ring (bicyclic) bond motifs is 1. The van der Waals surface area contributed by atoms with Crippen molar-refractivity contribution in [2.75, 3.05) is 19.5 Å². The summed E-state index contributed by atoms with van der Waals surface area (Å²) >= 11 is 3.17. The van der Waals surface area contributed by atoms with Crippen molar-refractivity contribution in [3.8, 4) is 0 Å². The molecule has 0 saturated heterocycles. The van der Waals surface area contributed by atoms with Crippen molar-refractivity contribution in [3.05, 3.63) is 34.2 Å². The van der Waals surface area contributed by atoms with Crippen molar-refractivity contribution in [1.82, 2.24) is 4.98 Å². The third-order valence-electron chi connectivity index (χ3n) is 2.47. The highest BCUT2D eigenvalue weighted by Crippen LogP contribution is 2.28. The molecule has 0 atom stereocenters. The Labute approximate surface area is 107 Å². The van der Waals surface area contributed by atoms with E-state index >= 15 is 0 Å². The van der Waals surface area contributed by atoms with Gasteiger partial charge >= 0.3 is 0 Å². The Morgan fingerprint density at radius 2 is 2.18 bits per heavy atom. The van der Waals surface area contributed by atoms with Crippen LogP contribution in [0.3, 0.4) is 0 Å². The topological polar surface area (TPSA) is 34.1 Å². The molecule has 0 spiro atoms. The summed E-state index contributed by atoms with van der Waals surface area (Å²) in [6.07, 6.45) is 0. The Morgan fingerprint density at radius 1 is 1.41 bits per heavy atom. The molecular formula is C12H12BrFN2O. The Morgan fingerprint density at radius 3 is 2.82 bits per heavy atom. The summed E-state index contributed by atoms with van der Waals surface area (Å²) in [7, 11) is 3.43. The molecule has 1 N–H and O–H groups in total. The number of halogens is 2. The second kappa shape index (κ2) is 4.98. The number of nitrogens with one attached hydrogen (secondary N) is 1. The van der Waals surface area contributed by atoms with Crippen LogP contribution in [0.2, 0.25) is 0 Å². The summed E-state index contributed by atoms with van der Waals surface area (Å²) in [5.74, 6) is -0.318. The molecule has 0 fully saturated rings. The van der Waals surface area contributed by atoms with E-state index in [4.69, 9.17) is 4.74 Å². The van der Waals surface area contributed by atoms with Gasteiger partial charge in [0.2, 0.25) is 0 Å². The fraction of sp³-hybridized carbons (Fsp3) is 0.250. The summed E-state index contributed by atoms with van der Waals surface area (Å²) in [5.41, 5.74) is 2.29. The molecule has 3 nitrogen and oxygen atoms in total. The van der Waals surface area contributed by atoms with Crippen molar-refractivity contribution in [2.24, 2.45) is 0 Å². The van der Waals surface area contributed by atoms with Crippen LogP contribution in [-0.2, 0) is 11.3 Å². The SMILES string of the molecule is CNc1cc(COC)nc2cc(F)c(Br)cc12. The lowest BCUT2D eigenvalue weighted by atomic mass is 10.1. The average molecular weight is 299 g/mol. The van der Waals surface area contributed by atoms with Crippen LogP contribution in [0.25, 0.3) is 10.9 Å². The lowest BCUT2D eigenvalue weighted by Gasteiger charge is -2.09. The van der Waals surface area contributed by atoms with Crippen LogP contribution in [0, 0.1) is 5.82 Å². The number of nitrogens with zero attached hydrogens (tertiary/aromatic N) is 1. The van der Waals surface area contributed by atoms with Gasteiger partial charge in [0, 0.05) is 31.3 Å². The van der Waals surface area contributed by atoms with E-state index in [9.17, 15) is 4.39 Å². The predicted octanol–water partition coefficient (Wildman–Crippen LogP) is 3.32. The van der Waals surface area contributed by atoms with Gasteiger partial charge in [-0.2, -0.15) is 0 Å². The van der Waals surface area contributed by atoms with Gasteiger partial charge in [-0.05, 0) is 28.1 Å². The van der Waals surface area contributed by atoms with Crippen LogP contribution in [0.5, 0.6) is 0 Å².